The fourth-order valence-corrected chi connectivity index (χ4v) is 5.01. The number of nitrogens with two attached hydrogens (primary N) is 1. The molecule has 0 aliphatic heterocycles. The van der Waals surface area contributed by atoms with E-state index in [1.807, 2.05) is 0 Å². The van der Waals surface area contributed by atoms with Crippen molar-refractivity contribution in [2.45, 2.75) is 155 Å². The first-order valence-electron chi connectivity index (χ1n) is 15.5. The number of hydrogen-bond donors (Lipinski definition) is 2. The number of rotatable bonds is 27. The number of unbranched alkanes of at least 4 members (excludes halogenated alkanes) is 18. The molecule has 35 heavy (non-hydrogen) atoms. The molecule has 210 valence electrons. The van der Waals surface area contributed by atoms with Crippen LogP contribution >= 0.6 is 0 Å². The van der Waals surface area contributed by atoms with Crippen LogP contribution in [0.2, 0.25) is 0 Å². The Morgan fingerprint density at radius 3 is 1.29 bits per heavy atom. The summed E-state index contributed by atoms with van der Waals surface area (Å²) in [5.41, 5.74) is 5.64. The van der Waals surface area contributed by atoms with E-state index in [4.69, 9.17) is 5.73 Å². The zero-order chi connectivity index (χ0) is 26.0. The van der Waals surface area contributed by atoms with Crippen LogP contribution in [0.3, 0.4) is 0 Å². The summed E-state index contributed by atoms with van der Waals surface area (Å²) in [5, 5.41) is 9.52. The Morgan fingerprint density at radius 2 is 0.971 bits per heavy atom. The van der Waals surface area contributed by atoms with E-state index in [1.54, 1.807) is 0 Å². The van der Waals surface area contributed by atoms with E-state index >= 15 is 0 Å². The normalized spacial score (nSPS) is 12.4. The lowest BCUT2D eigenvalue weighted by Gasteiger charge is -2.32. The fourth-order valence-electron chi connectivity index (χ4n) is 5.01. The molecule has 0 aliphatic carbocycles. The van der Waals surface area contributed by atoms with Gasteiger partial charge >= 0.3 is 6.09 Å². The SMILES string of the molecule is CCCCCCCCCCCCN(CCCCCCCCCCCC)C(C)CN(CCN)C(=O)O. The Kier molecular flexibility index (Phi) is 25.7. The van der Waals surface area contributed by atoms with Crippen LogP contribution in [0.25, 0.3) is 0 Å². The zero-order valence-corrected chi connectivity index (χ0v) is 24.1. The van der Waals surface area contributed by atoms with Gasteiger partial charge in [0.25, 0.3) is 0 Å². The predicted octanol–water partition coefficient (Wildman–Crippen LogP) is 8.46. The summed E-state index contributed by atoms with van der Waals surface area (Å²) in [6.45, 7) is 10.3. The number of nitrogens with zero attached hydrogens (tertiary/aromatic N) is 2. The molecule has 0 saturated heterocycles. The van der Waals surface area contributed by atoms with Gasteiger partial charge in [-0.15, -0.1) is 0 Å². The second-order valence-electron chi connectivity index (χ2n) is 10.8. The highest BCUT2D eigenvalue weighted by atomic mass is 16.4. The van der Waals surface area contributed by atoms with Crippen molar-refractivity contribution in [3.8, 4) is 0 Å². The van der Waals surface area contributed by atoms with Crippen LogP contribution in [0.1, 0.15) is 149 Å². The van der Waals surface area contributed by atoms with E-state index in [-0.39, 0.29) is 6.04 Å². The molecule has 0 aromatic carbocycles. The Hall–Kier alpha value is -0.810. The van der Waals surface area contributed by atoms with Crippen LogP contribution < -0.4 is 5.73 Å². The largest absolute Gasteiger partial charge is 0.465 e. The molecule has 0 aromatic heterocycles. The average Bonchev–Trinajstić information content (AvgIpc) is 2.84. The van der Waals surface area contributed by atoms with Crippen molar-refractivity contribution in [2.75, 3.05) is 32.7 Å². The van der Waals surface area contributed by atoms with E-state index in [0.717, 1.165) is 13.1 Å². The van der Waals surface area contributed by atoms with Gasteiger partial charge in [0.05, 0.1) is 0 Å². The van der Waals surface area contributed by atoms with Gasteiger partial charge in [-0.2, -0.15) is 0 Å². The van der Waals surface area contributed by atoms with E-state index in [9.17, 15) is 9.90 Å². The van der Waals surface area contributed by atoms with E-state index in [2.05, 4.69) is 25.7 Å². The van der Waals surface area contributed by atoms with Gasteiger partial charge in [-0.1, -0.05) is 129 Å². The summed E-state index contributed by atoms with van der Waals surface area (Å²) in [7, 11) is 0. The molecule has 0 aliphatic rings. The molecule has 0 bridgehead atoms. The van der Waals surface area contributed by atoms with Crippen LogP contribution in [-0.2, 0) is 0 Å². The molecule has 0 saturated carbocycles. The molecule has 0 rings (SSSR count). The predicted molar refractivity (Wildman–Crippen MR) is 153 cm³/mol. The van der Waals surface area contributed by atoms with Crippen LogP contribution in [0.4, 0.5) is 4.79 Å². The number of amides is 1. The second-order valence-corrected chi connectivity index (χ2v) is 10.8. The maximum Gasteiger partial charge on any atom is 0.407 e. The minimum Gasteiger partial charge on any atom is -0.465 e. The third kappa shape index (κ3) is 22.1. The topological polar surface area (TPSA) is 69.8 Å². The molecule has 5 heteroatoms. The molecule has 0 fully saturated rings. The monoisotopic (exact) mass is 497 g/mol. The summed E-state index contributed by atoms with van der Waals surface area (Å²) in [6, 6.07) is 0.245. The summed E-state index contributed by atoms with van der Waals surface area (Å²) < 4.78 is 0. The van der Waals surface area contributed by atoms with Gasteiger partial charge in [-0.05, 0) is 32.9 Å². The minimum atomic E-state index is -0.847. The third-order valence-corrected chi connectivity index (χ3v) is 7.38. The molecular formula is C30H63N3O2. The van der Waals surface area contributed by atoms with Crippen molar-refractivity contribution in [3.05, 3.63) is 0 Å². The average molecular weight is 498 g/mol. The third-order valence-electron chi connectivity index (χ3n) is 7.38. The molecule has 0 spiro atoms. The molecule has 3 N–H and O–H groups in total. The highest BCUT2D eigenvalue weighted by Gasteiger charge is 2.19. The number of carbonyl (C=O) groups is 1. The molecule has 1 amide bonds. The smallest absolute Gasteiger partial charge is 0.407 e. The van der Waals surface area contributed by atoms with Crippen molar-refractivity contribution in [1.82, 2.24) is 9.80 Å². The molecule has 0 radical (unpaired) electrons. The molecule has 5 nitrogen and oxygen atoms in total. The highest BCUT2D eigenvalue weighted by molar-refractivity contribution is 5.64. The highest BCUT2D eigenvalue weighted by Crippen LogP contribution is 2.14. The zero-order valence-electron chi connectivity index (χ0n) is 24.1. The molecule has 0 aromatic rings. The standard InChI is InChI=1S/C30H63N3O2/c1-4-6-8-10-12-14-16-18-20-22-25-32(29(3)28-33(27-24-31)30(34)35)26-23-21-19-17-15-13-11-9-7-5-2/h29H,4-28,31H2,1-3H3,(H,34,35). The van der Waals surface area contributed by atoms with Crippen molar-refractivity contribution in [1.29, 1.82) is 0 Å². The van der Waals surface area contributed by atoms with Crippen molar-refractivity contribution in [2.24, 2.45) is 5.73 Å². The minimum absolute atomic E-state index is 0.245. The quantitative estimate of drug-likeness (QED) is 0.112. The first-order chi connectivity index (χ1) is 17.1. The Morgan fingerprint density at radius 1 is 0.629 bits per heavy atom. The lowest BCUT2D eigenvalue weighted by molar-refractivity contribution is 0.117. The van der Waals surface area contributed by atoms with Gasteiger partial charge < -0.3 is 15.7 Å². The molecule has 1 unspecified atom stereocenters. The van der Waals surface area contributed by atoms with Crippen LogP contribution in [0.5, 0.6) is 0 Å². The Balaban J connectivity index is 4.24. The van der Waals surface area contributed by atoms with Gasteiger partial charge in [-0.3, -0.25) is 4.90 Å². The summed E-state index contributed by atoms with van der Waals surface area (Å²) in [4.78, 5) is 15.6. The van der Waals surface area contributed by atoms with E-state index in [1.165, 1.54) is 133 Å². The van der Waals surface area contributed by atoms with Crippen molar-refractivity contribution in [3.63, 3.8) is 0 Å². The van der Waals surface area contributed by atoms with Crippen LogP contribution in [0.15, 0.2) is 0 Å². The van der Waals surface area contributed by atoms with Gasteiger partial charge in [0.15, 0.2) is 0 Å². The van der Waals surface area contributed by atoms with Crippen molar-refractivity contribution < 1.29 is 9.90 Å². The van der Waals surface area contributed by atoms with Gasteiger partial charge in [-0.25, -0.2) is 4.79 Å². The van der Waals surface area contributed by atoms with Gasteiger partial charge in [0, 0.05) is 25.7 Å². The Labute approximate surface area is 219 Å². The van der Waals surface area contributed by atoms with E-state index < -0.39 is 6.09 Å². The van der Waals surface area contributed by atoms with Crippen LogP contribution in [-0.4, -0.2) is 59.8 Å². The first kappa shape index (κ1) is 34.2. The number of hydrogen-bond acceptors (Lipinski definition) is 3. The molecular weight excluding hydrogens is 434 g/mol. The number of carboxylic acid groups (broad SMARTS) is 1. The lowest BCUT2D eigenvalue weighted by Crippen LogP contribution is -2.46. The first-order valence-corrected chi connectivity index (χ1v) is 15.5. The Bertz CT molecular complexity index is 423. The van der Waals surface area contributed by atoms with Gasteiger partial charge in [0.1, 0.15) is 0 Å². The molecule has 1 atom stereocenters. The maximum atomic E-state index is 11.6. The van der Waals surface area contributed by atoms with Gasteiger partial charge in [0.2, 0.25) is 0 Å². The summed E-state index contributed by atoms with van der Waals surface area (Å²) >= 11 is 0. The molecule has 0 heterocycles. The summed E-state index contributed by atoms with van der Waals surface area (Å²) in [5.74, 6) is 0. The van der Waals surface area contributed by atoms with Crippen molar-refractivity contribution >= 4 is 6.09 Å². The lowest BCUT2D eigenvalue weighted by atomic mass is 10.1. The van der Waals surface area contributed by atoms with E-state index in [0.29, 0.717) is 19.6 Å². The fraction of sp³-hybridized carbons (Fsp3) is 0.967. The summed E-state index contributed by atoms with van der Waals surface area (Å²) in [6.07, 6.45) is 26.2. The van der Waals surface area contributed by atoms with Crippen LogP contribution in [0, 0.1) is 0 Å². The maximum absolute atomic E-state index is 11.6. The second kappa shape index (κ2) is 26.3.